The van der Waals surface area contributed by atoms with Gasteiger partial charge in [-0.25, -0.2) is 0 Å². The number of likely N-dealkylation sites (tertiary alicyclic amines) is 1. The fourth-order valence-electron chi connectivity index (χ4n) is 5.26. The van der Waals surface area contributed by atoms with Crippen molar-refractivity contribution in [3.63, 3.8) is 0 Å². The summed E-state index contributed by atoms with van der Waals surface area (Å²) in [5.74, 6) is 1.99. The van der Waals surface area contributed by atoms with Gasteiger partial charge in [0.15, 0.2) is 5.96 Å². The molecular formula is C22H40N4O2. The van der Waals surface area contributed by atoms with Crippen molar-refractivity contribution in [1.82, 2.24) is 15.1 Å². The number of carbonyl (C=O) groups is 1. The van der Waals surface area contributed by atoms with E-state index in [0.717, 1.165) is 70.1 Å². The predicted molar refractivity (Wildman–Crippen MR) is 113 cm³/mol. The first-order valence-corrected chi connectivity index (χ1v) is 11.3. The molecule has 160 valence electrons. The molecule has 3 aliphatic rings. The molecule has 3 rings (SSSR count). The molecule has 2 aliphatic carbocycles. The molecule has 0 atom stereocenters. The van der Waals surface area contributed by atoms with Gasteiger partial charge in [0.05, 0.1) is 11.5 Å². The van der Waals surface area contributed by atoms with Crippen molar-refractivity contribution < 1.29 is 9.53 Å². The highest BCUT2D eigenvalue weighted by Gasteiger charge is 2.42. The smallest absolute Gasteiger partial charge is 0.230 e. The minimum Gasteiger partial charge on any atom is -0.378 e. The van der Waals surface area contributed by atoms with Crippen molar-refractivity contribution in [3.05, 3.63) is 0 Å². The zero-order chi connectivity index (χ0) is 20.0. The summed E-state index contributed by atoms with van der Waals surface area (Å²) in [7, 11) is 5.58. The van der Waals surface area contributed by atoms with Crippen molar-refractivity contribution in [2.24, 2.45) is 16.3 Å². The van der Waals surface area contributed by atoms with Crippen LogP contribution in [0.25, 0.3) is 0 Å². The maximum atomic E-state index is 12.8. The predicted octanol–water partition coefficient (Wildman–Crippen LogP) is 2.88. The van der Waals surface area contributed by atoms with Crippen LogP contribution < -0.4 is 5.32 Å². The summed E-state index contributed by atoms with van der Waals surface area (Å²) in [5, 5.41) is 3.54. The minimum absolute atomic E-state index is 0.256. The summed E-state index contributed by atoms with van der Waals surface area (Å²) >= 11 is 0. The molecule has 6 heteroatoms. The number of amides is 1. The van der Waals surface area contributed by atoms with Gasteiger partial charge in [0.25, 0.3) is 0 Å². The lowest BCUT2D eigenvalue weighted by atomic mass is 9.84. The molecule has 1 amide bonds. The zero-order valence-corrected chi connectivity index (χ0v) is 18.2. The first-order valence-electron chi connectivity index (χ1n) is 11.3. The van der Waals surface area contributed by atoms with Crippen LogP contribution in [0.5, 0.6) is 0 Å². The Labute approximate surface area is 171 Å². The number of guanidine groups is 1. The molecule has 1 heterocycles. The Hall–Kier alpha value is -1.30. The summed E-state index contributed by atoms with van der Waals surface area (Å²) in [6, 6.07) is 0. The van der Waals surface area contributed by atoms with Gasteiger partial charge in [-0.3, -0.25) is 9.79 Å². The SMILES string of the molecule is CN=C(NCC1(C(=O)N(C)C)CCCC1)N1CCC(OCC2CCCC2)CC1. The first kappa shape index (κ1) is 21.4. The summed E-state index contributed by atoms with van der Waals surface area (Å²) in [4.78, 5) is 21.4. The Morgan fingerprint density at radius 3 is 2.32 bits per heavy atom. The fraction of sp³-hybridized carbons (Fsp3) is 0.909. The Bertz CT molecular complexity index is 529. The lowest BCUT2D eigenvalue weighted by Crippen LogP contribution is -2.52. The molecule has 0 aromatic rings. The van der Waals surface area contributed by atoms with Crippen molar-refractivity contribution in [1.29, 1.82) is 0 Å². The number of hydrogen-bond acceptors (Lipinski definition) is 3. The maximum Gasteiger partial charge on any atom is 0.230 e. The van der Waals surface area contributed by atoms with Crippen molar-refractivity contribution >= 4 is 11.9 Å². The molecule has 0 aromatic carbocycles. The number of aliphatic imine (C=N–C) groups is 1. The average Bonchev–Trinajstić information content (AvgIpc) is 3.40. The van der Waals surface area contributed by atoms with Crippen LogP contribution in [0.2, 0.25) is 0 Å². The number of hydrogen-bond donors (Lipinski definition) is 1. The van der Waals surface area contributed by atoms with Crippen LogP contribution in [-0.4, -0.2) is 75.2 Å². The molecular weight excluding hydrogens is 352 g/mol. The quantitative estimate of drug-likeness (QED) is 0.558. The second-order valence-electron chi connectivity index (χ2n) is 9.26. The fourth-order valence-corrected chi connectivity index (χ4v) is 5.26. The second kappa shape index (κ2) is 9.95. The molecule has 0 bridgehead atoms. The topological polar surface area (TPSA) is 57.2 Å². The van der Waals surface area contributed by atoms with Crippen LogP contribution in [0.15, 0.2) is 4.99 Å². The largest absolute Gasteiger partial charge is 0.378 e. The van der Waals surface area contributed by atoms with E-state index in [1.54, 1.807) is 4.90 Å². The Morgan fingerprint density at radius 2 is 1.75 bits per heavy atom. The number of ether oxygens (including phenoxy) is 1. The van der Waals surface area contributed by atoms with Crippen LogP contribution in [0.3, 0.4) is 0 Å². The van der Waals surface area contributed by atoms with Gasteiger partial charge in [0.2, 0.25) is 5.91 Å². The van der Waals surface area contributed by atoms with E-state index >= 15 is 0 Å². The highest BCUT2D eigenvalue weighted by atomic mass is 16.5. The Morgan fingerprint density at radius 1 is 1.11 bits per heavy atom. The maximum absolute atomic E-state index is 12.8. The third kappa shape index (κ3) is 5.19. The molecule has 1 N–H and O–H groups in total. The molecule has 28 heavy (non-hydrogen) atoms. The molecule has 0 radical (unpaired) electrons. The molecule has 0 unspecified atom stereocenters. The molecule has 6 nitrogen and oxygen atoms in total. The number of nitrogens with zero attached hydrogens (tertiary/aromatic N) is 3. The van der Waals surface area contributed by atoms with E-state index in [0.29, 0.717) is 12.6 Å². The van der Waals surface area contributed by atoms with Gasteiger partial charge in [-0.05, 0) is 44.4 Å². The van der Waals surface area contributed by atoms with Gasteiger partial charge in [-0.15, -0.1) is 0 Å². The van der Waals surface area contributed by atoms with E-state index in [4.69, 9.17) is 4.74 Å². The van der Waals surface area contributed by atoms with Gasteiger partial charge >= 0.3 is 0 Å². The molecule has 0 spiro atoms. The Balaban J connectivity index is 1.46. The summed E-state index contributed by atoms with van der Waals surface area (Å²) in [6.07, 6.45) is 12.2. The number of nitrogens with one attached hydrogen (secondary N) is 1. The van der Waals surface area contributed by atoms with E-state index in [-0.39, 0.29) is 11.3 Å². The summed E-state index contributed by atoms with van der Waals surface area (Å²) in [5.41, 5.74) is -0.262. The van der Waals surface area contributed by atoms with E-state index in [1.807, 2.05) is 21.1 Å². The van der Waals surface area contributed by atoms with Crippen LogP contribution in [0.1, 0.15) is 64.2 Å². The van der Waals surface area contributed by atoms with Gasteiger partial charge < -0.3 is 19.9 Å². The summed E-state index contributed by atoms with van der Waals surface area (Å²) in [6.45, 7) is 3.59. The third-order valence-corrected chi connectivity index (χ3v) is 7.00. The highest BCUT2D eigenvalue weighted by Crippen LogP contribution is 2.39. The number of rotatable bonds is 6. The molecule has 1 aliphatic heterocycles. The standard InChI is InChI=1S/C22H40N4O2/c1-23-21(24-17-22(12-6-7-13-22)20(27)25(2)3)26-14-10-19(11-15-26)28-16-18-8-4-5-9-18/h18-19H,4-17H2,1-3H3,(H,23,24). The number of piperidine rings is 1. The van der Waals surface area contributed by atoms with Gasteiger partial charge in [0, 0.05) is 47.4 Å². The van der Waals surface area contributed by atoms with E-state index in [2.05, 4.69) is 15.2 Å². The van der Waals surface area contributed by atoms with Crippen LogP contribution in [0.4, 0.5) is 0 Å². The number of carbonyl (C=O) groups excluding carboxylic acids is 1. The average molecular weight is 393 g/mol. The second-order valence-corrected chi connectivity index (χ2v) is 9.26. The summed E-state index contributed by atoms with van der Waals surface area (Å²) < 4.78 is 6.21. The molecule has 0 aromatic heterocycles. The molecule has 2 saturated carbocycles. The highest BCUT2D eigenvalue weighted by molar-refractivity contribution is 5.85. The lowest BCUT2D eigenvalue weighted by Gasteiger charge is -2.36. The lowest BCUT2D eigenvalue weighted by molar-refractivity contribution is -0.138. The van der Waals surface area contributed by atoms with E-state index in [1.165, 1.54) is 25.7 Å². The minimum atomic E-state index is -0.262. The third-order valence-electron chi connectivity index (χ3n) is 7.00. The van der Waals surface area contributed by atoms with Crippen molar-refractivity contribution in [2.45, 2.75) is 70.3 Å². The monoisotopic (exact) mass is 392 g/mol. The van der Waals surface area contributed by atoms with Crippen molar-refractivity contribution in [2.75, 3.05) is 47.4 Å². The Kier molecular flexibility index (Phi) is 7.61. The van der Waals surface area contributed by atoms with Crippen LogP contribution in [-0.2, 0) is 9.53 Å². The normalized spacial score (nSPS) is 24.0. The zero-order valence-electron chi connectivity index (χ0n) is 18.2. The molecule has 3 fully saturated rings. The van der Waals surface area contributed by atoms with Crippen molar-refractivity contribution in [3.8, 4) is 0 Å². The molecule has 1 saturated heterocycles. The van der Waals surface area contributed by atoms with Gasteiger partial charge in [-0.1, -0.05) is 25.7 Å². The van der Waals surface area contributed by atoms with Crippen LogP contribution >= 0.6 is 0 Å². The van der Waals surface area contributed by atoms with Gasteiger partial charge in [0.1, 0.15) is 0 Å². The van der Waals surface area contributed by atoms with Crippen LogP contribution in [0, 0.1) is 11.3 Å². The van der Waals surface area contributed by atoms with E-state index < -0.39 is 0 Å². The van der Waals surface area contributed by atoms with E-state index in [9.17, 15) is 4.79 Å². The van der Waals surface area contributed by atoms with Gasteiger partial charge in [-0.2, -0.15) is 0 Å². The first-order chi connectivity index (χ1) is 13.5.